The number of hydrogen-bond donors (Lipinski definition) is 1. The fourth-order valence-corrected chi connectivity index (χ4v) is 2.56. The van der Waals surface area contributed by atoms with Crippen LogP contribution in [-0.4, -0.2) is 24.0 Å². The molecule has 0 bridgehead atoms. The van der Waals surface area contributed by atoms with Gasteiger partial charge in [0, 0.05) is 25.2 Å². The van der Waals surface area contributed by atoms with Crippen LogP contribution in [0.1, 0.15) is 31.4 Å². The van der Waals surface area contributed by atoms with E-state index in [0.29, 0.717) is 12.3 Å². The average molecular weight is 247 g/mol. The molecule has 0 saturated carbocycles. The summed E-state index contributed by atoms with van der Waals surface area (Å²) in [5, 5.41) is 0. The SMILES string of the molecule is Cc1cccc(N2CCCC(CCC(N)=O)C2)n1. The first-order chi connectivity index (χ1) is 8.65. The van der Waals surface area contributed by atoms with Crippen LogP contribution in [0.4, 0.5) is 5.82 Å². The van der Waals surface area contributed by atoms with Crippen LogP contribution in [0.3, 0.4) is 0 Å². The zero-order valence-corrected chi connectivity index (χ0v) is 10.9. The van der Waals surface area contributed by atoms with E-state index in [0.717, 1.165) is 31.0 Å². The molecule has 98 valence electrons. The van der Waals surface area contributed by atoms with Crippen LogP contribution < -0.4 is 10.6 Å². The molecule has 2 N–H and O–H groups in total. The molecule has 2 heterocycles. The second-order valence-electron chi connectivity index (χ2n) is 5.10. The molecule has 18 heavy (non-hydrogen) atoms. The lowest BCUT2D eigenvalue weighted by Gasteiger charge is -2.33. The number of piperidine rings is 1. The highest BCUT2D eigenvalue weighted by molar-refractivity contribution is 5.73. The Morgan fingerprint density at radius 2 is 2.39 bits per heavy atom. The Morgan fingerprint density at radius 1 is 1.56 bits per heavy atom. The third-order valence-corrected chi connectivity index (χ3v) is 3.52. The monoisotopic (exact) mass is 247 g/mol. The number of nitrogens with two attached hydrogens (primary N) is 1. The quantitative estimate of drug-likeness (QED) is 0.883. The van der Waals surface area contributed by atoms with Crippen LogP contribution in [0.2, 0.25) is 0 Å². The number of aromatic nitrogens is 1. The highest BCUT2D eigenvalue weighted by atomic mass is 16.1. The van der Waals surface area contributed by atoms with Gasteiger partial charge < -0.3 is 10.6 Å². The lowest BCUT2D eigenvalue weighted by molar-refractivity contribution is -0.118. The van der Waals surface area contributed by atoms with Crippen LogP contribution in [0.15, 0.2) is 18.2 Å². The molecule has 1 aliphatic heterocycles. The average Bonchev–Trinajstić information content (AvgIpc) is 2.37. The van der Waals surface area contributed by atoms with Gasteiger partial charge >= 0.3 is 0 Å². The van der Waals surface area contributed by atoms with Crippen molar-refractivity contribution in [3.63, 3.8) is 0 Å². The number of nitrogens with zero attached hydrogens (tertiary/aromatic N) is 2. The van der Waals surface area contributed by atoms with Crippen molar-refractivity contribution >= 4 is 11.7 Å². The largest absolute Gasteiger partial charge is 0.370 e. The molecule has 1 saturated heterocycles. The van der Waals surface area contributed by atoms with E-state index in [2.05, 4.69) is 16.0 Å². The molecule has 1 atom stereocenters. The van der Waals surface area contributed by atoms with Gasteiger partial charge in [0.2, 0.25) is 5.91 Å². The number of primary amides is 1. The normalized spacial score (nSPS) is 19.8. The zero-order chi connectivity index (χ0) is 13.0. The number of pyridine rings is 1. The number of hydrogen-bond acceptors (Lipinski definition) is 3. The molecule has 4 heteroatoms. The molecular weight excluding hydrogens is 226 g/mol. The van der Waals surface area contributed by atoms with Crippen molar-refractivity contribution in [2.75, 3.05) is 18.0 Å². The summed E-state index contributed by atoms with van der Waals surface area (Å²) in [6.45, 7) is 4.06. The van der Waals surface area contributed by atoms with Crippen LogP contribution in [0.25, 0.3) is 0 Å². The Labute approximate surface area is 108 Å². The molecule has 1 aromatic heterocycles. The number of aryl methyl sites for hydroxylation is 1. The number of anilines is 1. The van der Waals surface area contributed by atoms with Crippen molar-refractivity contribution in [1.82, 2.24) is 4.98 Å². The van der Waals surface area contributed by atoms with Crippen molar-refractivity contribution in [1.29, 1.82) is 0 Å². The molecular formula is C14H21N3O. The summed E-state index contributed by atoms with van der Waals surface area (Å²) in [6.07, 6.45) is 3.76. The van der Waals surface area contributed by atoms with E-state index in [4.69, 9.17) is 5.73 Å². The molecule has 1 fully saturated rings. The van der Waals surface area contributed by atoms with E-state index in [1.807, 2.05) is 19.1 Å². The summed E-state index contributed by atoms with van der Waals surface area (Å²) in [5.74, 6) is 1.42. The van der Waals surface area contributed by atoms with Crippen molar-refractivity contribution in [3.8, 4) is 0 Å². The number of rotatable bonds is 4. The lowest BCUT2D eigenvalue weighted by Crippen LogP contribution is -2.36. The molecule has 0 spiro atoms. The van der Waals surface area contributed by atoms with Crippen LogP contribution >= 0.6 is 0 Å². The van der Waals surface area contributed by atoms with Gasteiger partial charge in [-0.15, -0.1) is 0 Å². The summed E-state index contributed by atoms with van der Waals surface area (Å²) in [5.41, 5.74) is 6.26. The predicted molar refractivity (Wildman–Crippen MR) is 72.3 cm³/mol. The number of carbonyl (C=O) groups excluding carboxylic acids is 1. The molecule has 0 radical (unpaired) electrons. The van der Waals surface area contributed by atoms with Gasteiger partial charge in [-0.05, 0) is 44.2 Å². The van der Waals surface area contributed by atoms with E-state index >= 15 is 0 Å². The van der Waals surface area contributed by atoms with E-state index in [-0.39, 0.29) is 5.91 Å². The van der Waals surface area contributed by atoms with Gasteiger partial charge in [0.05, 0.1) is 0 Å². The molecule has 1 aromatic rings. The van der Waals surface area contributed by atoms with Gasteiger partial charge in [0.1, 0.15) is 5.82 Å². The van der Waals surface area contributed by atoms with E-state index in [1.54, 1.807) is 0 Å². The Bertz CT molecular complexity index is 419. The Kier molecular flexibility index (Phi) is 4.18. The first-order valence-corrected chi connectivity index (χ1v) is 6.62. The lowest BCUT2D eigenvalue weighted by atomic mass is 9.93. The van der Waals surface area contributed by atoms with Crippen molar-refractivity contribution in [2.24, 2.45) is 11.7 Å². The van der Waals surface area contributed by atoms with Gasteiger partial charge in [-0.25, -0.2) is 4.98 Å². The number of carbonyl (C=O) groups is 1. The molecule has 1 aliphatic rings. The second-order valence-corrected chi connectivity index (χ2v) is 5.10. The van der Waals surface area contributed by atoms with E-state index < -0.39 is 0 Å². The van der Waals surface area contributed by atoms with Crippen molar-refractivity contribution in [3.05, 3.63) is 23.9 Å². The highest BCUT2D eigenvalue weighted by Gasteiger charge is 2.21. The van der Waals surface area contributed by atoms with Crippen LogP contribution in [0.5, 0.6) is 0 Å². The van der Waals surface area contributed by atoms with Gasteiger partial charge in [-0.2, -0.15) is 0 Å². The third-order valence-electron chi connectivity index (χ3n) is 3.52. The minimum atomic E-state index is -0.194. The fourth-order valence-electron chi connectivity index (χ4n) is 2.56. The molecule has 1 amide bonds. The predicted octanol–water partition coefficient (Wildman–Crippen LogP) is 1.87. The summed E-state index contributed by atoms with van der Waals surface area (Å²) in [7, 11) is 0. The van der Waals surface area contributed by atoms with E-state index in [1.165, 1.54) is 12.8 Å². The number of amides is 1. The van der Waals surface area contributed by atoms with Crippen LogP contribution in [-0.2, 0) is 4.79 Å². The summed E-state index contributed by atoms with van der Waals surface area (Å²) < 4.78 is 0. The Morgan fingerprint density at radius 3 is 3.11 bits per heavy atom. The third kappa shape index (κ3) is 3.45. The fraction of sp³-hybridized carbons (Fsp3) is 0.571. The van der Waals surface area contributed by atoms with Crippen molar-refractivity contribution in [2.45, 2.75) is 32.6 Å². The first kappa shape index (κ1) is 12.9. The van der Waals surface area contributed by atoms with Crippen molar-refractivity contribution < 1.29 is 4.79 Å². The van der Waals surface area contributed by atoms with Gasteiger partial charge in [0.25, 0.3) is 0 Å². The Balaban J connectivity index is 1.96. The molecule has 2 rings (SSSR count). The molecule has 4 nitrogen and oxygen atoms in total. The van der Waals surface area contributed by atoms with Gasteiger partial charge in [-0.3, -0.25) is 4.79 Å². The molecule has 0 aromatic carbocycles. The molecule has 1 unspecified atom stereocenters. The van der Waals surface area contributed by atoms with E-state index in [9.17, 15) is 4.79 Å². The standard InChI is InChI=1S/C14H21N3O/c1-11-4-2-6-14(16-11)17-9-3-5-12(10-17)7-8-13(15)18/h2,4,6,12H,3,5,7-10H2,1H3,(H2,15,18). The summed E-state index contributed by atoms with van der Waals surface area (Å²) in [4.78, 5) is 17.7. The maximum atomic E-state index is 10.8. The summed E-state index contributed by atoms with van der Waals surface area (Å²) >= 11 is 0. The molecule has 0 aliphatic carbocycles. The maximum absolute atomic E-state index is 10.8. The minimum absolute atomic E-state index is 0.194. The Hall–Kier alpha value is -1.58. The van der Waals surface area contributed by atoms with Gasteiger partial charge in [-0.1, -0.05) is 6.07 Å². The smallest absolute Gasteiger partial charge is 0.217 e. The highest BCUT2D eigenvalue weighted by Crippen LogP contribution is 2.24. The van der Waals surface area contributed by atoms with Gasteiger partial charge in [0.15, 0.2) is 0 Å². The van der Waals surface area contributed by atoms with Crippen LogP contribution in [0, 0.1) is 12.8 Å². The summed E-state index contributed by atoms with van der Waals surface area (Å²) in [6, 6.07) is 6.12. The second kappa shape index (κ2) is 5.85. The topological polar surface area (TPSA) is 59.2 Å². The first-order valence-electron chi connectivity index (χ1n) is 6.62. The minimum Gasteiger partial charge on any atom is -0.370 e. The zero-order valence-electron chi connectivity index (χ0n) is 10.9. The maximum Gasteiger partial charge on any atom is 0.217 e.